The van der Waals surface area contributed by atoms with Gasteiger partial charge in [-0.2, -0.15) is 0 Å². The smallest absolute Gasteiger partial charge is 0.337 e. The predicted molar refractivity (Wildman–Crippen MR) is 144 cm³/mol. The molecule has 0 saturated carbocycles. The Labute approximate surface area is 200 Å². The van der Waals surface area contributed by atoms with Gasteiger partial charge in [-0.05, 0) is 30.2 Å². The molecule has 4 nitrogen and oxygen atoms in total. The minimum absolute atomic E-state index is 0.351. The van der Waals surface area contributed by atoms with E-state index in [1.54, 1.807) is 19.2 Å². The van der Waals surface area contributed by atoms with E-state index in [9.17, 15) is 4.79 Å². The fourth-order valence-corrected chi connectivity index (χ4v) is 3.87. The summed E-state index contributed by atoms with van der Waals surface area (Å²) in [7, 11) is 3.14. The largest absolute Gasteiger partial charge is 0.465 e. The Morgan fingerprint density at radius 3 is 2.27 bits per heavy atom. The van der Waals surface area contributed by atoms with E-state index in [2.05, 4.69) is 50.1 Å². The Hall–Kier alpha value is -3.14. The van der Waals surface area contributed by atoms with Gasteiger partial charge in [0.2, 0.25) is 0 Å². The first-order chi connectivity index (χ1) is 16.0. The number of nitrogens with zero attached hydrogens (tertiary/aromatic N) is 2. The van der Waals surface area contributed by atoms with Crippen molar-refractivity contribution >= 4 is 28.2 Å². The van der Waals surface area contributed by atoms with Crippen LogP contribution in [0.15, 0.2) is 67.2 Å². The Bertz CT molecular complexity index is 1020. The molecule has 0 aliphatic heterocycles. The van der Waals surface area contributed by atoms with Gasteiger partial charge in [-0.3, -0.25) is 4.99 Å². The number of methoxy groups -OCH3 is 1. The molecule has 0 saturated heterocycles. The molecule has 33 heavy (non-hydrogen) atoms. The molecule has 1 aromatic heterocycles. The number of hydrogen-bond donors (Lipinski definition) is 0. The number of fused-ring (bicyclic) bond motifs is 1. The van der Waals surface area contributed by atoms with Crippen molar-refractivity contribution in [3.05, 3.63) is 79.1 Å². The molecule has 0 aliphatic rings. The molecule has 0 fully saturated rings. The van der Waals surface area contributed by atoms with Crippen molar-refractivity contribution in [3.63, 3.8) is 0 Å². The molecule has 2 aromatic rings. The molecule has 0 spiro atoms. The number of aliphatic imine (C=N–C) groups is 1. The Balaban J connectivity index is 0.000000981. The number of rotatable bonds is 11. The zero-order valence-corrected chi connectivity index (χ0v) is 21.1. The highest BCUT2D eigenvalue weighted by Crippen LogP contribution is 2.34. The lowest BCUT2D eigenvalue weighted by molar-refractivity contribution is 0.0601. The summed E-state index contributed by atoms with van der Waals surface area (Å²) < 4.78 is 7.07. The van der Waals surface area contributed by atoms with Gasteiger partial charge in [-0.25, -0.2) is 4.79 Å². The first kappa shape index (κ1) is 27.9. The van der Waals surface area contributed by atoms with Crippen molar-refractivity contribution in [1.29, 1.82) is 0 Å². The Morgan fingerprint density at radius 1 is 1.12 bits per heavy atom. The van der Waals surface area contributed by atoms with Gasteiger partial charge in [-0.15, -0.1) is 6.58 Å². The van der Waals surface area contributed by atoms with Crippen molar-refractivity contribution in [3.8, 4) is 0 Å². The van der Waals surface area contributed by atoms with Crippen molar-refractivity contribution < 1.29 is 9.53 Å². The van der Waals surface area contributed by atoms with Crippen LogP contribution in [0, 0.1) is 0 Å². The second-order valence-corrected chi connectivity index (χ2v) is 7.68. The molecule has 0 radical (unpaired) electrons. The summed E-state index contributed by atoms with van der Waals surface area (Å²) in [4.78, 5) is 16.5. The van der Waals surface area contributed by atoms with E-state index in [-0.39, 0.29) is 5.97 Å². The van der Waals surface area contributed by atoms with Crippen LogP contribution in [-0.2, 0) is 17.7 Å². The molecule has 1 heterocycles. The van der Waals surface area contributed by atoms with Crippen LogP contribution < -0.4 is 0 Å². The fraction of sp³-hybridized carbons (Fsp3) is 0.379. The third-order valence-corrected chi connectivity index (χ3v) is 5.36. The van der Waals surface area contributed by atoms with Crippen molar-refractivity contribution in [2.45, 2.75) is 59.4 Å². The van der Waals surface area contributed by atoms with Crippen molar-refractivity contribution in [2.24, 2.45) is 4.99 Å². The van der Waals surface area contributed by atoms with Gasteiger partial charge < -0.3 is 9.30 Å². The molecule has 1 aromatic carbocycles. The summed E-state index contributed by atoms with van der Waals surface area (Å²) in [6, 6.07) is 5.70. The molecule has 4 heteroatoms. The monoisotopic (exact) mass is 448 g/mol. The van der Waals surface area contributed by atoms with Crippen LogP contribution in [0.4, 0.5) is 0 Å². The SMILES string of the molecule is C=C/C=C(\C(C=C)=NC)c1c(CCC)c2ccc(C(=O)OC)cc2n1CC=C.CCCCC. The lowest BCUT2D eigenvalue weighted by atomic mass is 9.97. The molecule has 0 aliphatic carbocycles. The topological polar surface area (TPSA) is 43.6 Å². The third kappa shape index (κ3) is 6.92. The quantitative estimate of drug-likeness (QED) is 0.154. The third-order valence-electron chi connectivity index (χ3n) is 5.36. The van der Waals surface area contributed by atoms with Gasteiger partial charge in [0.25, 0.3) is 0 Å². The zero-order valence-electron chi connectivity index (χ0n) is 21.1. The number of ether oxygens (including phenoxy) is 1. The van der Waals surface area contributed by atoms with E-state index in [1.165, 1.54) is 31.9 Å². The van der Waals surface area contributed by atoms with Gasteiger partial charge in [0.05, 0.1) is 24.1 Å². The maximum Gasteiger partial charge on any atom is 0.337 e. The molecule has 0 amide bonds. The molecular formula is C29H40N2O2. The number of allylic oxidation sites excluding steroid dienone is 5. The molecular weight excluding hydrogens is 408 g/mol. The van der Waals surface area contributed by atoms with Crippen LogP contribution in [-0.4, -0.2) is 30.4 Å². The van der Waals surface area contributed by atoms with Crippen LogP contribution >= 0.6 is 0 Å². The molecule has 178 valence electrons. The van der Waals surface area contributed by atoms with Gasteiger partial charge in [-0.1, -0.05) is 83.9 Å². The van der Waals surface area contributed by atoms with Crippen LogP contribution in [0.5, 0.6) is 0 Å². The number of unbranched alkanes of at least 4 members (excludes halogenated alkanes) is 2. The summed E-state index contributed by atoms with van der Waals surface area (Å²) in [5, 5.41) is 1.11. The average molecular weight is 449 g/mol. The zero-order chi connectivity index (χ0) is 24.8. The second-order valence-electron chi connectivity index (χ2n) is 7.68. The van der Waals surface area contributed by atoms with Crippen LogP contribution in [0.3, 0.4) is 0 Å². The second kappa shape index (κ2) is 14.8. The number of aromatic nitrogens is 1. The van der Waals surface area contributed by atoms with Crippen LogP contribution in [0.1, 0.15) is 68.1 Å². The first-order valence-electron chi connectivity index (χ1n) is 11.8. The number of carbonyl (C=O) groups is 1. The Morgan fingerprint density at radius 2 is 1.82 bits per heavy atom. The summed E-state index contributed by atoms with van der Waals surface area (Å²) in [5.41, 5.74) is 5.50. The van der Waals surface area contributed by atoms with E-state index in [1.807, 2.05) is 30.4 Å². The average Bonchev–Trinajstić information content (AvgIpc) is 3.12. The van der Waals surface area contributed by atoms with E-state index in [0.29, 0.717) is 12.1 Å². The lowest BCUT2D eigenvalue weighted by Crippen LogP contribution is -2.09. The van der Waals surface area contributed by atoms with Gasteiger partial charge in [0.15, 0.2) is 0 Å². The van der Waals surface area contributed by atoms with E-state index in [0.717, 1.165) is 40.7 Å². The number of benzene rings is 1. The van der Waals surface area contributed by atoms with E-state index in [4.69, 9.17) is 4.74 Å². The van der Waals surface area contributed by atoms with Gasteiger partial charge in [0.1, 0.15) is 0 Å². The fourth-order valence-electron chi connectivity index (χ4n) is 3.87. The van der Waals surface area contributed by atoms with Crippen molar-refractivity contribution in [1.82, 2.24) is 4.57 Å². The highest BCUT2D eigenvalue weighted by Gasteiger charge is 2.22. The summed E-state index contributed by atoms with van der Waals surface area (Å²) in [5.74, 6) is -0.351. The van der Waals surface area contributed by atoms with Crippen LogP contribution in [0.2, 0.25) is 0 Å². The van der Waals surface area contributed by atoms with Gasteiger partial charge in [0, 0.05) is 30.1 Å². The molecule has 0 bridgehead atoms. The maximum absolute atomic E-state index is 12.1. The standard InChI is InChI=1S/C24H28N2O2.C5H12/c1-7-11-19-18-14-13-17(24(27)28-6)16-22(18)26(15-9-3)23(19)20(12-8-2)21(10-4)25-5;1-3-5-4-2/h8-10,12-14,16H,2-4,7,11,15H2,1,5-6H3;3-5H2,1-2H3/b20-12+,25-21?;. The maximum atomic E-state index is 12.1. The number of hydrogen-bond acceptors (Lipinski definition) is 3. The van der Waals surface area contributed by atoms with Crippen molar-refractivity contribution in [2.75, 3.05) is 14.2 Å². The molecule has 0 unspecified atom stereocenters. The number of carbonyl (C=O) groups excluding carboxylic acids is 1. The highest BCUT2D eigenvalue weighted by atomic mass is 16.5. The molecule has 0 atom stereocenters. The van der Waals surface area contributed by atoms with Crippen LogP contribution in [0.25, 0.3) is 16.5 Å². The lowest BCUT2D eigenvalue weighted by Gasteiger charge is -2.14. The number of esters is 1. The summed E-state index contributed by atoms with van der Waals surface area (Å²) >= 11 is 0. The minimum Gasteiger partial charge on any atom is -0.465 e. The summed E-state index contributed by atoms with van der Waals surface area (Å²) in [6.45, 7) is 18.9. The normalized spacial score (nSPS) is 11.5. The highest BCUT2D eigenvalue weighted by molar-refractivity contribution is 6.30. The Kier molecular flexibility index (Phi) is 12.5. The summed E-state index contributed by atoms with van der Waals surface area (Å²) in [6.07, 6.45) is 13.3. The minimum atomic E-state index is -0.351. The van der Waals surface area contributed by atoms with E-state index >= 15 is 0 Å². The molecule has 0 N–H and O–H groups in total. The van der Waals surface area contributed by atoms with E-state index < -0.39 is 0 Å². The predicted octanol–water partition coefficient (Wildman–Crippen LogP) is 7.59. The number of aryl methyl sites for hydroxylation is 1. The molecule has 2 rings (SSSR count). The van der Waals surface area contributed by atoms with Gasteiger partial charge >= 0.3 is 5.97 Å². The first-order valence-corrected chi connectivity index (χ1v) is 11.8.